The zero-order chi connectivity index (χ0) is 13.3. The maximum Gasteiger partial charge on any atom is 0.143 e. The van der Waals surface area contributed by atoms with Gasteiger partial charge in [-0.05, 0) is 65.2 Å². The third-order valence-electron chi connectivity index (χ3n) is 4.07. The molecule has 1 fully saturated rings. The summed E-state index contributed by atoms with van der Waals surface area (Å²) in [6.07, 6.45) is 3.39. The molecule has 100 valence electrons. The van der Waals surface area contributed by atoms with Gasteiger partial charge < -0.3 is 5.73 Å². The summed E-state index contributed by atoms with van der Waals surface area (Å²) >= 11 is 3.11. The Labute approximate surface area is 115 Å². The maximum atomic E-state index is 14.0. The Kier molecular flexibility index (Phi) is 4.07. The van der Waals surface area contributed by atoms with Crippen LogP contribution < -0.4 is 5.73 Å². The van der Waals surface area contributed by atoms with E-state index < -0.39 is 11.6 Å². The number of benzene rings is 1. The Bertz CT molecular complexity index is 450. The number of halogens is 3. The largest absolute Gasteiger partial charge is 0.330 e. The van der Waals surface area contributed by atoms with Gasteiger partial charge in [0.25, 0.3) is 0 Å². The first-order valence-electron chi connectivity index (χ1n) is 6.30. The summed E-state index contributed by atoms with van der Waals surface area (Å²) in [4.78, 5) is 0. The van der Waals surface area contributed by atoms with Crippen molar-refractivity contribution in [3.05, 3.63) is 33.8 Å². The third-order valence-corrected chi connectivity index (χ3v) is 4.69. The van der Waals surface area contributed by atoms with Crippen molar-refractivity contribution < 1.29 is 8.78 Å². The second-order valence-corrected chi connectivity index (χ2v) is 6.40. The van der Waals surface area contributed by atoms with Gasteiger partial charge >= 0.3 is 0 Å². The molecule has 0 saturated heterocycles. The van der Waals surface area contributed by atoms with E-state index in [0.717, 1.165) is 19.3 Å². The van der Waals surface area contributed by atoms with Gasteiger partial charge in [0, 0.05) is 5.56 Å². The second kappa shape index (κ2) is 5.25. The van der Waals surface area contributed by atoms with Crippen molar-refractivity contribution in [1.82, 2.24) is 0 Å². The summed E-state index contributed by atoms with van der Waals surface area (Å²) in [6, 6.07) is 2.71. The monoisotopic (exact) mass is 317 g/mol. The molecular formula is C14H18BrF2N. The summed E-state index contributed by atoms with van der Waals surface area (Å²) in [6.45, 7) is 2.66. The van der Waals surface area contributed by atoms with Crippen molar-refractivity contribution in [3.63, 3.8) is 0 Å². The highest BCUT2D eigenvalue weighted by molar-refractivity contribution is 9.10. The van der Waals surface area contributed by atoms with E-state index in [9.17, 15) is 8.78 Å². The fourth-order valence-electron chi connectivity index (χ4n) is 3.02. The third kappa shape index (κ3) is 2.59. The number of hydrogen-bond acceptors (Lipinski definition) is 1. The highest BCUT2D eigenvalue weighted by Crippen LogP contribution is 2.44. The van der Waals surface area contributed by atoms with Crippen molar-refractivity contribution in [2.24, 2.45) is 17.1 Å². The molecule has 1 aromatic rings. The van der Waals surface area contributed by atoms with E-state index in [1.54, 1.807) is 0 Å². The smallest absolute Gasteiger partial charge is 0.143 e. The van der Waals surface area contributed by atoms with Crippen LogP contribution in [-0.4, -0.2) is 6.54 Å². The van der Waals surface area contributed by atoms with E-state index in [1.165, 1.54) is 12.1 Å². The molecule has 0 spiro atoms. The minimum atomic E-state index is -0.484. The van der Waals surface area contributed by atoms with E-state index in [-0.39, 0.29) is 11.0 Å². The molecule has 1 nitrogen and oxygen atoms in total. The number of hydrogen-bond donors (Lipinski definition) is 1. The van der Waals surface area contributed by atoms with Gasteiger partial charge in [0.1, 0.15) is 11.6 Å². The van der Waals surface area contributed by atoms with Crippen LogP contribution in [0.2, 0.25) is 0 Å². The number of rotatable bonds is 3. The predicted octanol–water partition coefficient (Wildman–Crippen LogP) is 4.03. The Balaban J connectivity index is 2.31. The van der Waals surface area contributed by atoms with Gasteiger partial charge in [0.15, 0.2) is 0 Å². The molecule has 2 rings (SSSR count). The van der Waals surface area contributed by atoms with Gasteiger partial charge in [-0.25, -0.2) is 8.78 Å². The molecule has 0 amide bonds. The van der Waals surface area contributed by atoms with Gasteiger partial charge in [-0.2, -0.15) is 0 Å². The molecule has 0 aliphatic heterocycles. The molecule has 4 heteroatoms. The van der Waals surface area contributed by atoms with Crippen molar-refractivity contribution in [2.75, 3.05) is 6.54 Å². The van der Waals surface area contributed by atoms with Crippen LogP contribution in [0.15, 0.2) is 16.6 Å². The maximum absolute atomic E-state index is 14.0. The van der Waals surface area contributed by atoms with Crippen LogP contribution in [-0.2, 0) is 6.42 Å². The zero-order valence-corrected chi connectivity index (χ0v) is 12.1. The molecule has 1 aromatic carbocycles. The molecule has 18 heavy (non-hydrogen) atoms. The molecule has 2 unspecified atom stereocenters. The summed E-state index contributed by atoms with van der Waals surface area (Å²) in [5.41, 5.74) is 5.89. The van der Waals surface area contributed by atoms with Gasteiger partial charge in [-0.3, -0.25) is 0 Å². The van der Waals surface area contributed by atoms with E-state index in [0.29, 0.717) is 23.4 Å². The lowest BCUT2D eigenvalue weighted by atomic mass is 9.79. The summed E-state index contributed by atoms with van der Waals surface area (Å²) in [5.74, 6) is -0.364. The van der Waals surface area contributed by atoms with E-state index in [1.807, 2.05) is 0 Å². The van der Waals surface area contributed by atoms with E-state index >= 15 is 0 Å². The molecule has 0 radical (unpaired) electrons. The minimum absolute atomic E-state index is 0.137. The van der Waals surface area contributed by atoms with Crippen LogP contribution in [0, 0.1) is 23.0 Å². The van der Waals surface area contributed by atoms with Crippen LogP contribution in [0.1, 0.15) is 31.7 Å². The van der Waals surface area contributed by atoms with Crippen LogP contribution in [0.5, 0.6) is 0 Å². The molecule has 0 bridgehead atoms. The zero-order valence-electron chi connectivity index (χ0n) is 10.5. The second-order valence-electron chi connectivity index (χ2n) is 5.55. The summed E-state index contributed by atoms with van der Waals surface area (Å²) in [7, 11) is 0. The Morgan fingerprint density at radius 1 is 1.44 bits per heavy atom. The SMILES string of the molecule is CC1CCC(CN)(Cc2c(F)ccc(Br)c2F)C1. The molecule has 2 atom stereocenters. The molecule has 0 heterocycles. The van der Waals surface area contributed by atoms with E-state index in [4.69, 9.17) is 5.73 Å². The summed E-state index contributed by atoms with van der Waals surface area (Å²) in [5, 5.41) is 0. The normalized spacial score (nSPS) is 27.7. The molecule has 1 saturated carbocycles. The molecule has 1 aliphatic carbocycles. The first kappa shape index (κ1) is 13.9. The van der Waals surface area contributed by atoms with Crippen molar-refractivity contribution >= 4 is 15.9 Å². The van der Waals surface area contributed by atoms with Gasteiger partial charge in [-0.1, -0.05) is 13.3 Å². The van der Waals surface area contributed by atoms with E-state index in [2.05, 4.69) is 22.9 Å². The van der Waals surface area contributed by atoms with Crippen molar-refractivity contribution in [1.29, 1.82) is 0 Å². The summed E-state index contributed by atoms with van der Waals surface area (Å²) < 4.78 is 28.1. The van der Waals surface area contributed by atoms with Gasteiger partial charge in [0.2, 0.25) is 0 Å². The average Bonchev–Trinajstić information content (AvgIpc) is 2.72. The lowest BCUT2D eigenvalue weighted by Crippen LogP contribution is -2.31. The minimum Gasteiger partial charge on any atom is -0.330 e. The van der Waals surface area contributed by atoms with Crippen LogP contribution in [0.3, 0.4) is 0 Å². The topological polar surface area (TPSA) is 26.0 Å². The first-order valence-corrected chi connectivity index (χ1v) is 7.09. The standard InChI is InChI=1S/C14H18BrF2N/c1-9-4-5-14(6-9,8-18)7-10-12(16)3-2-11(15)13(10)17/h2-3,9H,4-8,18H2,1H3. The average molecular weight is 318 g/mol. The first-order chi connectivity index (χ1) is 8.47. The molecule has 0 aromatic heterocycles. The van der Waals surface area contributed by atoms with Crippen molar-refractivity contribution in [2.45, 2.75) is 32.6 Å². The highest BCUT2D eigenvalue weighted by Gasteiger charge is 2.37. The van der Waals surface area contributed by atoms with Crippen LogP contribution in [0.25, 0.3) is 0 Å². The van der Waals surface area contributed by atoms with Crippen LogP contribution >= 0.6 is 15.9 Å². The Hall–Kier alpha value is -0.480. The Morgan fingerprint density at radius 2 is 2.17 bits per heavy atom. The Morgan fingerprint density at radius 3 is 2.72 bits per heavy atom. The van der Waals surface area contributed by atoms with Crippen molar-refractivity contribution in [3.8, 4) is 0 Å². The van der Waals surface area contributed by atoms with Gasteiger partial charge in [0.05, 0.1) is 4.47 Å². The van der Waals surface area contributed by atoms with Gasteiger partial charge in [-0.15, -0.1) is 0 Å². The molecule has 2 N–H and O–H groups in total. The quantitative estimate of drug-likeness (QED) is 0.837. The fraction of sp³-hybridized carbons (Fsp3) is 0.571. The predicted molar refractivity (Wildman–Crippen MR) is 72.3 cm³/mol. The lowest BCUT2D eigenvalue weighted by molar-refractivity contribution is 0.287. The molecule has 1 aliphatic rings. The lowest BCUT2D eigenvalue weighted by Gasteiger charge is -2.28. The number of nitrogens with two attached hydrogens (primary N) is 1. The fourth-order valence-corrected chi connectivity index (χ4v) is 3.39. The van der Waals surface area contributed by atoms with Crippen LogP contribution in [0.4, 0.5) is 8.78 Å². The highest BCUT2D eigenvalue weighted by atomic mass is 79.9. The molecular weight excluding hydrogens is 300 g/mol.